The number of nitrogens with one attached hydrogen (secondary N) is 1. The van der Waals surface area contributed by atoms with Gasteiger partial charge in [-0.25, -0.2) is 9.78 Å². The summed E-state index contributed by atoms with van der Waals surface area (Å²) in [6.07, 6.45) is 2.04. The molecule has 210 valence electrons. The van der Waals surface area contributed by atoms with Gasteiger partial charge in [-0.3, -0.25) is 19.3 Å². The van der Waals surface area contributed by atoms with Crippen LogP contribution in [-0.4, -0.2) is 78.2 Å². The Morgan fingerprint density at radius 2 is 1.95 bits per heavy atom. The summed E-state index contributed by atoms with van der Waals surface area (Å²) in [4.78, 5) is 58.1. The maximum atomic E-state index is 13.0. The summed E-state index contributed by atoms with van der Waals surface area (Å²) >= 11 is 2.45. The van der Waals surface area contributed by atoms with Gasteiger partial charge in [0.1, 0.15) is 28.4 Å². The lowest BCUT2D eigenvalue weighted by Crippen LogP contribution is -2.70. The summed E-state index contributed by atoms with van der Waals surface area (Å²) < 4.78 is 5.61. The standard InChI is InChI=1S/C28H24N4O7S2/c33-18-7-5-15(6-8-18)12-31-10-9-16(24(31)35)11-17-13-40-26-22(25(36)32(26)23(17)27(37)38)30-21(34)14-41-28-29-19-3-1-2-4-20(19)39-28/h1-8,11,22,26,33H,9-10,12-14H2,(H,30,34)(H,37,38)/t22-,26-/m1/s1. The predicted octanol–water partition coefficient (Wildman–Crippen LogP) is 2.72. The minimum Gasteiger partial charge on any atom is -0.508 e. The van der Waals surface area contributed by atoms with Crippen molar-refractivity contribution in [1.82, 2.24) is 20.1 Å². The lowest BCUT2D eigenvalue weighted by atomic mass is 10.0. The number of hydrogen-bond acceptors (Lipinski definition) is 9. The monoisotopic (exact) mass is 592 g/mol. The molecule has 3 aliphatic heterocycles. The number of para-hydroxylation sites is 2. The van der Waals surface area contributed by atoms with Crippen LogP contribution in [0.1, 0.15) is 12.0 Å². The Bertz CT molecular complexity index is 1600. The highest BCUT2D eigenvalue weighted by atomic mass is 32.2. The van der Waals surface area contributed by atoms with Crippen LogP contribution in [0.4, 0.5) is 0 Å². The number of thioether (sulfide) groups is 2. The molecule has 0 bridgehead atoms. The molecular formula is C28H24N4O7S2. The van der Waals surface area contributed by atoms with E-state index in [0.29, 0.717) is 47.0 Å². The number of fused-ring (bicyclic) bond motifs is 2. The number of carbonyl (C=O) groups is 4. The number of benzene rings is 2. The third-order valence-corrected chi connectivity index (χ3v) is 9.12. The molecule has 0 radical (unpaired) electrons. The van der Waals surface area contributed by atoms with E-state index in [2.05, 4.69) is 10.3 Å². The van der Waals surface area contributed by atoms with Crippen molar-refractivity contribution in [2.45, 2.75) is 29.6 Å². The lowest BCUT2D eigenvalue weighted by Gasteiger charge is -2.49. The van der Waals surface area contributed by atoms with E-state index in [9.17, 15) is 29.4 Å². The first-order valence-electron chi connectivity index (χ1n) is 12.7. The Hall–Kier alpha value is -4.23. The number of nitrogens with zero attached hydrogens (tertiary/aromatic N) is 3. The number of aromatic hydroxyl groups is 1. The van der Waals surface area contributed by atoms with Crippen LogP contribution >= 0.6 is 23.5 Å². The molecule has 0 spiro atoms. The summed E-state index contributed by atoms with van der Waals surface area (Å²) in [6.45, 7) is 0.851. The molecule has 6 rings (SSSR count). The minimum atomic E-state index is -1.27. The molecule has 3 aliphatic rings. The van der Waals surface area contributed by atoms with Crippen molar-refractivity contribution >= 4 is 58.3 Å². The largest absolute Gasteiger partial charge is 0.508 e. The topological polar surface area (TPSA) is 153 Å². The van der Waals surface area contributed by atoms with E-state index in [-0.39, 0.29) is 28.9 Å². The number of carbonyl (C=O) groups excluding carboxylic acids is 3. The number of rotatable bonds is 8. The first-order valence-corrected chi connectivity index (χ1v) is 14.8. The molecule has 3 aromatic rings. The zero-order valence-corrected chi connectivity index (χ0v) is 23.1. The quantitative estimate of drug-likeness (QED) is 0.202. The van der Waals surface area contributed by atoms with Crippen molar-refractivity contribution in [3.8, 4) is 5.75 Å². The molecule has 0 saturated carbocycles. The summed E-state index contributed by atoms with van der Waals surface area (Å²) in [5.41, 5.74) is 2.86. The Balaban J connectivity index is 1.10. The Labute approximate surface area is 242 Å². The third-order valence-electron chi connectivity index (χ3n) is 6.99. The summed E-state index contributed by atoms with van der Waals surface area (Å²) in [6, 6.07) is 13.0. The van der Waals surface area contributed by atoms with Gasteiger partial charge in [-0.15, -0.1) is 11.8 Å². The van der Waals surface area contributed by atoms with Crippen LogP contribution in [0.3, 0.4) is 0 Å². The Morgan fingerprint density at radius 1 is 1.17 bits per heavy atom. The molecule has 11 nitrogen and oxygen atoms in total. The van der Waals surface area contributed by atoms with Crippen LogP contribution in [0.15, 0.2) is 81.1 Å². The number of likely N-dealkylation sites (tertiary alicyclic amines) is 1. The van der Waals surface area contributed by atoms with Gasteiger partial charge in [0.05, 0.1) is 5.75 Å². The van der Waals surface area contributed by atoms with Crippen LogP contribution in [0.25, 0.3) is 11.1 Å². The number of phenolic OH excluding ortho intramolecular Hbond substituents is 1. The van der Waals surface area contributed by atoms with Gasteiger partial charge in [0.15, 0.2) is 5.58 Å². The number of oxazole rings is 1. The second kappa shape index (κ2) is 11.0. The van der Waals surface area contributed by atoms with E-state index in [1.807, 2.05) is 12.1 Å². The van der Waals surface area contributed by atoms with Crippen molar-refractivity contribution < 1.29 is 33.8 Å². The molecule has 41 heavy (non-hydrogen) atoms. The fourth-order valence-electron chi connectivity index (χ4n) is 4.99. The SMILES string of the molecule is O=C(CSc1nc2ccccc2o1)N[C@@H]1C(=O)N2C(C(=O)O)=C(C=C3CCN(Cc4ccc(O)cc4)C3=O)CS[C@H]12. The second-order valence-electron chi connectivity index (χ2n) is 9.68. The van der Waals surface area contributed by atoms with E-state index in [4.69, 9.17) is 4.42 Å². The zero-order valence-electron chi connectivity index (χ0n) is 21.5. The minimum absolute atomic E-state index is 0.0181. The van der Waals surface area contributed by atoms with Gasteiger partial charge in [0.25, 0.3) is 11.1 Å². The van der Waals surface area contributed by atoms with Gasteiger partial charge in [-0.1, -0.05) is 36.0 Å². The maximum Gasteiger partial charge on any atom is 0.352 e. The van der Waals surface area contributed by atoms with Crippen LogP contribution in [0.5, 0.6) is 5.75 Å². The van der Waals surface area contributed by atoms with Crippen molar-refractivity contribution in [2.75, 3.05) is 18.1 Å². The van der Waals surface area contributed by atoms with E-state index in [0.717, 1.165) is 17.3 Å². The van der Waals surface area contributed by atoms with Crippen molar-refractivity contribution in [3.63, 3.8) is 0 Å². The van der Waals surface area contributed by atoms with Crippen LogP contribution in [0.2, 0.25) is 0 Å². The van der Waals surface area contributed by atoms with Gasteiger partial charge >= 0.3 is 5.97 Å². The van der Waals surface area contributed by atoms with Crippen LogP contribution in [0, 0.1) is 0 Å². The number of amides is 3. The van der Waals surface area contributed by atoms with Gasteiger partial charge in [-0.05, 0) is 47.9 Å². The molecule has 0 unspecified atom stereocenters. The van der Waals surface area contributed by atoms with E-state index in [1.165, 1.54) is 16.7 Å². The highest BCUT2D eigenvalue weighted by Crippen LogP contribution is 2.41. The maximum absolute atomic E-state index is 13.0. The molecule has 13 heteroatoms. The number of phenols is 1. The number of allylic oxidation sites excluding steroid dienone is 1. The molecular weight excluding hydrogens is 568 g/mol. The van der Waals surface area contributed by atoms with Crippen LogP contribution in [-0.2, 0) is 25.7 Å². The number of hydrogen-bond donors (Lipinski definition) is 3. The normalized spacial score (nSPS) is 21.4. The average molecular weight is 593 g/mol. The fourth-order valence-corrected chi connectivity index (χ4v) is 6.95. The molecule has 3 N–H and O–H groups in total. The molecule has 2 fully saturated rings. The second-order valence-corrected chi connectivity index (χ2v) is 11.7. The highest BCUT2D eigenvalue weighted by Gasteiger charge is 2.54. The first-order chi connectivity index (χ1) is 19.8. The number of β-lactam (4-membered cyclic amide) rings is 1. The van der Waals surface area contributed by atoms with Gasteiger partial charge in [-0.2, -0.15) is 0 Å². The lowest BCUT2D eigenvalue weighted by molar-refractivity contribution is -0.150. The Morgan fingerprint density at radius 3 is 2.71 bits per heavy atom. The molecule has 0 aliphatic carbocycles. The number of carboxylic acids is 1. The molecule has 3 amide bonds. The predicted molar refractivity (Wildman–Crippen MR) is 151 cm³/mol. The highest BCUT2D eigenvalue weighted by molar-refractivity contribution is 8.00. The van der Waals surface area contributed by atoms with Crippen molar-refractivity contribution in [3.05, 3.63) is 77.0 Å². The van der Waals surface area contributed by atoms with Gasteiger partial charge in [0.2, 0.25) is 11.8 Å². The van der Waals surface area contributed by atoms with Crippen LogP contribution < -0.4 is 5.32 Å². The fraction of sp³-hybridized carbons (Fsp3) is 0.250. The molecule has 4 heterocycles. The average Bonchev–Trinajstić information content (AvgIpc) is 3.54. The van der Waals surface area contributed by atoms with Gasteiger partial charge < -0.3 is 24.8 Å². The Kier molecular flexibility index (Phi) is 7.22. The zero-order chi connectivity index (χ0) is 28.7. The number of carboxylic acid groups (broad SMARTS) is 1. The molecule has 2 atom stereocenters. The van der Waals surface area contributed by atoms with Crippen molar-refractivity contribution in [2.24, 2.45) is 0 Å². The summed E-state index contributed by atoms with van der Waals surface area (Å²) in [5, 5.41) is 21.9. The summed E-state index contributed by atoms with van der Waals surface area (Å²) in [7, 11) is 0. The van der Waals surface area contributed by atoms with E-state index in [1.54, 1.807) is 47.4 Å². The van der Waals surface area contributed by atoms with Gasteiger partial charge in [0, 0.05) is 24.4 Å². The number of aromatic nitrogens is 1. The molecule has 1 aromatic heterocycles. The van der Waals surface area contributed by atoms with E-state index >= 15 is 0 Å². The van der Waals surface area contributed by atoms with E-state index < -0.39 is 29.2 Å². The van der Waals surface area contributed by atoms with Crippen molar-refractivity contribution in [1.29, 1.82) is 0 Å². The third kappa shape index (κ3) is 5.30. The smallest absolute Gasteiger partial charge is 0.352 e. The first kappa shape index (κ1) is 27.0. The number of aliphatic carboxylic acids is 1. The molecule has 2 aromatic carbocycles. The molecule has 2 saturated heterocycles. The summed E-state index contributed by atoms with van der Waals surface area (Å²) in [5.74, 6) is -1.97.